The van der Waals surface area contributed by atoms with Gasteiger partial charge in [0.05, 0.1) is 6.04 Å². The van der Waals surface area contributed by atoms with Crippen molar-refractivity contribution in [3.63, 3.8) is 0 Å². The van der Waals surface area contributed by atoms with Gasteiger partial charge in [0.2, 0.25) is 0 Å². The average molecular weight is 195 g/mol. The smallest absolute Gasteiger partial charge is 0.0684 e. The van der Waals surface area contributed by atoms with E-state index in [0.717, 1.165) is 18.9 Å². The molecule has 1 heteroatoms. The first-order valence-electron chi connectivity index (χ1n) is 5.97. The van der Waals surface area contributed by atoms with E-state index in [-0.39, 0.29) is 6.04 Å². The van der Waals surface area contributed by atoms with Crippen LogP contribution in [0.25, 0.3) is 0 Å². The van der Waals surface area contributed by atoms with E-state index in [1.165, 1.54) is 25.7 Å². The fourth-order valence-electron chi connectivity index (χ4n) is 1.57. The molecule has 2 atom stereocenters. The first kappa shape index (κ1) is 13.5. The molecule has 0 amide bonds. The Kier molecular flexibility index (Phi) is 8.78. The highest BCUT2D eigenvalue weighted by atomic mass is 14.9. The fraction of sp³-hybridized carbons (Fsp3) is 0.846. The zero-order valence-corrected chi connectivity index (χ0v) is 9.97. The largest absolute Gasteiger partial charge is 0.303 e. The van der Waals surface area contributed by atoms with Crippen LogP contribution >= 0.6 is 0 Å². The van der Waals surface area contributed by atoms with E-state index in [4.69, 9.17) is 6.42 Å². The average Bonchev–Trinajstić information content (AvgIpc) is 2.23. The zero-order valence-electron chi connectivity index (χ0n) is 9.97. The Morgan fingerprint density at radius 2 is 1.93 bits per heavy atom. The molecule has 1 N–H and O–H groups in total. The fourth-order valence-corrected chi connectivity index (χ4v) is 1.57. The van der Waals surface area contributed by atoms with Gasteiger partial charge < -0.3 is 5.32 Å². The number of hydrogen-bond donors (Lipinski definition) is 1. The molecule has 1 nitrogen and oxygen atoms in total. The second-order valence-corrected chi connectivity index (χ2v) is 3.95. The van der Waals surface area contributed by atoms with E-state index >= 15 is 0 Å². The minimum absolute atomic E-state index is 0.269. The molecule has 0 aliphatic rings. The Hall–Kier alpha value is -0.480. The van der Waals surface area contributed by atoms with Crippen molar-refractivity contribution in [1.29, 1.82) is 0 Å². The summed E-state index contributed by atoms with van der Waals surface area (Å²) in [6.07, 6.45) is 11.7. The van der Waals surface area contributed by atoms with Crippen molar-refractivity contribution in [2.45, 2.75) is 58.9 Å². The van der Waals surface area contributed by atoms with Crippen LogP contribution in [0.15, 0.2) is 0 Å². The quantitative estimate of drug-likeness (QED) is 0.586. The zero-order chi connectivity index (χ0) is 10.8. The van der Waals surface area contributed by atoms with E-state index in [1.807, 2.05) is 0 Å². The molecule has 2 unspecified atom stereocenters. The number of terminal acetylenes is 1. The SMILES string of the molecule is C#CC(CC)NCC(CC)CCCC. The summed E-state index contributed by atoms with van der Waals surface area (Å²) in [6, 6.07) is 0.269. The van der Waals surface area contributed by atoms with Crippen molar-refractivity contribution in [3.8, 4) is 12.3 Å². The van der Waals surface area contributed by atoms with Crippen LogP contribution in [0.4, 0.5) is 0 Å². The van der Waals surface area contributed by atoms with Crippen LogP contribution in [0.1, 0.15) is 52.9 Å². The van der Waals surface area contributed by atoms with Gasteiger partial charge >= 0.3 is 0 Å². The number of rotatable bonds is 8. The number of hydrogen-bond acceptors (Lipinski definition) is 1. The summed E-state index contributed by atoms with van der Waals surface area (Å²) in [5, 5.41) is 3.44. The monoisotopic (exact) mass is 195 g/mol. The Labute approximate surface area is 89.7 Å². The normalized spacial score (nSPS) is 14.7. The molecule has 0 heterocycles. The van der Waals surface area contributed by atoms with Gasteiger partial charge in [0.1, 0.15) is 0 Å². The maximum absolute atomic E-state index is 5.40. The van der Waals surface area contributed by atoms with Crippen LogP contribution in [0, 0.1) is 18.3 Å². The van der Waals surface area contributed by atoms with Crippen molar-refractivity contribution in [2.24, 2.45) is 5.92 Å². The van der Waals surface area contributed by atoms with Crippen molar-refractivity contribution in [2.75, 3.05) is 6.54 Å². The summed E-state index contributed by atoms with van der Waals surface area (Å²) in [5.41, 5.74) is 0. The molecule has 0 aromatic heterocycles. The van der Waals surface area contributed by atoms with Crippen LogP contribution in [0.3, 0.4) is 0 Å². The molecule has 0 fully saturated rings. The highest BCUT2D eigenvalue weighted by molar-refractivity contribution is 4.97. The van der Waals surface area contributed by atoms with Gasteiger partial charge in [-0.25, -0.2) is 0 Å². The molecule has 0 bridgehead atoms. The predicted molar refractivity (Wildman–Crippen MR) is 64.2 cm³/mol. The lowest BCUT2D eigenvalue weighted by Crippen LogP contribution is -2.31. The Balaban J connectivity index is 3.66. The van der Waals surface area contributed by atoms with E-state index in [2.05, 4.69) is 32.0 Å². The summed E-state index contributed by atoms with van der Waals surface area (Å²) in [5.74, 6) is 3.58. The highest BCUT2D eigenvalue weighted by Gasteiger charge is 2.07. The van der Waals surface area contributed by atoms with Crippen LogP contribution < -0.4 is 5.32 Å². The van der Waals surface area contributed by atoms with Crippen LogP contribution in [0.5, 0.6) is 0 Å². The summed E-state index contributed by atoms with van der Waals surface area (Å²) < 4.78 is 0. The molecule has 0 saturated heterocycles. The molecular weight excluding hydrogens is 170 g/mol. The summed E-state index contributed by atoms with van der Waals surface area (Å²) in [4.78, 5) is 0. The molecule has 0 radical (unpaired) electrons. The van der Waals surface area contributed by atoms with E-state index in [9.17, 15) is 0 Å². The van der Waals surface area contributed by atoms with Crippen molar-refractivity contribution in [1.82, 2.24) is 5.32 Å². The predicted octanol–water partition coefficient (Wildman–Crippen LogP) is 3.20. The molecule has 0 aliphatic heterocycles. The van der Waals surface area contributed by atoms with Crippen LogP contribution in [-0.2, 0) is 0 Å². The second kappa shape index (κ2) is 9.09. The third-order valence-electron chi connectivity index (χ3n) is 2.81. The van der Waals surface area contributed by atoms with Gasteiger partial charge in [0.25, 0.3) is 0 Å². The van der Waals surface area contributed by atoms with Gasteiger partial charge in [-0.1, -0.05) is 46.0 Å². The Bertz CT molecular complexity index is 157. The minimum Gasteiger partial charge on any atom is -0.303 e. The summed E-state index contributed by atoms with van der Waals surface area (Å²) in [7, 11) is 0. The maximum Gasteiger partial charge on any atom is 0.0684 e. The highest BCUT2D eigenvalue weighted by Crippen LogP contribution is 2.11. The molecule has 0 aliphatic carbocycles. The van der Waals surface area contributed by atoms with Crippen molar-refractivity contribution in [3.05, 3.63) is 0 Å². The lowest BCUT2D eigenvalue weighted by molar-refractivity contribution is 0.405. The minimum atomic E-state index is 0.269. The van der Waals surface area contributed by atoms with Crippen molar-refractivity contribution < 1.29 is 0 Å². The van der Waals surface area contributed by atoms with E-state index < -0.39 is 0 Å². The van der Waals surface area contributed by atoms with E-state index in [0.29, 0.717) is 0 Å². The molecule has 0 spiro atoms. The van der Waals surface area contributed by atoms with Crippen LogP contribution in [0.2, 0.25) is 0 Å². The molecule has 0 rings (SSSR count). The van der Waals surface area contributed by atoms with Crippen LogP contribution in [-0.4, -0.2) is 12.6 Å². The van der Waals surface area contributed by atoms with Gasteiger partial charge in [0.15, 0.2) is 0 Å². The summed E-state index contributed by atoms with van der Waals surface area (Å²) in [6.45, 7) is 7.72. The van der Waals surface area contributed by atoms with Gasteiger partial charge in [0, 0.05) is 0 Å². The standard InChI is InChI=1S/C13H25N/c1-5-9-10-12(6-2)11-14-13(7-3)8-4/h3,12-14H,5-6,8-11H2,1-2,4H3. The topological polar surface area (TPSA) is 12.0 Å². The molecule has 0 aromatic carbocycles. The Morgan fingerprint density at radius 1 is 1.21 bits per heavy atom. The lowest BCUT2D eigenvalue weighted by Gasteiger charge is -2.18. The summed E-state index contributed by atoms with van der Waals surface area (Å²) >= 11 is 0. The molecule has 82 valence electrons. The number of nitrogens with one attached hydrogen (secondary N) is 1. The van der Waals surface area contributed by atoms with Gasteiger partial charge in [-0.2, -0.15) is 0 Å². The molecule has 0 saturated carbocycles. The van der Waals surface area contributed by atoms with Gasteiger partial charge in [-0.05, 0) is 25.3 Å². The van der Waals surface area contributed by atoms with Gasteiger partial charge in [-0.3, -0.25) is 0 Å². The first-order chi connectivity index (χ1) is 6.78. The third kappa shape index (κ3) is 6.05. The third-order valence-corrected chi connectivity index (χ3v) is 2.81. The maximum atomic E-state index is 5.40. The molecule has 14 heavy (non-hydrogen) atoms. The van der Waals surface area contributed by atoms with E-state index in [1.54, 1.807) is 0 Å². The molecule has 0 aromatic rings. The second-order valence-electron chi connectivity index (χ2n) is 3.95. The Morgan fingerprint density at radius 3 is 2.36 bits per heavy atom. The van der Waals surface area contributed by atoms with Gasteiger partial charge in [-0.15, -0.1) is 6.42 Å². The molecular formula is C13H25N. The lowest BCUT2D eigenvalue weighted by atomic mass is 9.99. The van der Waals surface area contributed by atoms with Crippen molar-refractivity contribution >= 4 is 0 Å². The first-order valence-corrected chi connectivity index (χ1v) is 5.97. The number of unbranched alkanes of at least 4 members (excludes halogenated alkanes) is 1.